The standard InChI is InChI=1S/C16H24FN3O3S/c1-4-14(16(21)19-11-9-18(2)10-12-19)20(24(3,22)23)15-8-6-5-7-13(15)17/h5-8,14H,4,9-12H2,1-3H3/t14-/m0/s1. The third-order valence-corrected chi connectivity index (χ3v) is 5.38. The highest BCUT2D eigenvalue weighted by atomic mass is 32.2. The monoisotopic (exact) mass is 357 g/mol. The molecule has 1 heterocycles. The Kier molecular flexibility index (Phi) is 5.82. The molecular weight excluding hydrogens is 333 g/mol. The Balaban J connectivity index is 2.36. The molecule has 0 saturated carbocycles. The first kappa shape index (κ1) is 18.7. The Morgan fingerprint density at radius 2 is 1.83 bits per heavy atom. The lowest BCUT2D eigenvalue weighted by atomic mass is 10.1. The maximum Gasteiger partial charge on any atom is 0.246 e. The van der Waals surface area contributed by atoms with Crippen molar-refractivity contribution in [3.05, 3.63) is 30.1 Å². The van der Waals surface area contributed by atoms with Crippen LogP contribution < -0.4 is 4.31 Å². The number of anilines is 1. The lowest BCUT2D eigenvalue weighted by molar-refractivity contribution is -0.134. The largest absolute Gasteiger partial charge is 0.338 e. The van der Waals surface area contributed by atoms with Crippen molar-refractivity contribution >= 4 is 21.6 Å². The Morgan fingerprint density at radius 1 is 1.25 bits per heavy atom. The fraction of sp³-hybridized carbons (Fsp3) is 0.562. The summed E-state index contributed by atoms with van der Waals surface area (Å²) in [6.45, 7) is 4.29. The minimum atomic E-state index is -3.81. The van der Waals surface area contributed by atoms with Crippen LogP contribution in [0.1, 0.15) is 13.3 Å². The van der Waals surface area contributed by atoms with Gasteiger partial charge in [0.05, 0.1) is 11.9 Å². The van der Waals surface area contributed by atoms with Gasteiger partial charge in [-0.2, -0.15) is 0 Å². The van der Waals surface area contributed by atoms with Crippen molar-refractivity contribution in [2.45, 2.75) is 19.4 Å². The van der Waals surface area contributed by atoms with Gasteiger partial charge in [-0.15, -0.1) is 0 Å². The summed E-state index contributed by atoms with van der Waals surface area (Å²) in [6.07, 6.45) is 1.27. The molecule has 0 aliphatic carbocycles. The molecular formula is C16H24FN3O3S. The van der Waals surface area contributed by atoms with Gasteiger partial charge >= 0.3 is 0 Å². The topological polar surface area (TPSA) is 60.9 Å². The predicted octanol–water partition coefficient (Wildman–Crippen LogP) is 1.14. The summed E-state index contributed by atoms with van der Waals surface area (Å²) in [5.41, 5.74) is -0.0886. The number of carbonyl (C=O) groups is 1. The van der Waals surface area contributed by atoms with E-state index in [9.17, 15) is 17.6 Å². The van der Waals surface area contributed by atoms with Crippen molar-refractivity contribution in [1.82, 2.24) is 9.80 Å². The van der Waals surface area contributed by atoms with Crippen LogP contribution >= 0.6 is 0 Å². The lowest BCUT2D eigenvalue weighted by Gasteiger charge is -2.37. The van der Waals surface area contributed by atoms with E-state index in [1.54, 1.807) is 17.9 Å². The molecule has 0 radical (unpaired) electrons. The zero-order valence-electron chi connectivity index (χ0n) is 14.3. The van der Waals surface area contributed by atoms with Crippen molar-refractivity contribution in [2.24, 2.45) is 0 Å². The van der Waals surface area contributed by atoms with E-state index in [0.29, 0.717) is 13.1 Å². The molecule has 1 atom stereocenters. The molecule has 0 aromatic heterocycles. The van der Waals surface area contributed by atoms with Crippen LogP contribution in [-0.2, 0) is 14.8 Å². The third kappa shape index (κ3) is 4.05. The second kappa shape index (κ2) is 7.48. The summed E-state index contributed by atoms with van der Waals surface area (Å²) in [5, 5.41) is 0. The molecule has 8 heteroatoms. The fourth-order valence-corrected chi connectivity index (χ4v) is 4.09. The summed E-state index contributed by atoms with van der Waals surface area (Å²) in [4.78, 5) is 16.7. The number of nitrogens with zero attached hydrogens (tertiary/aromatic N) is 3. The van der Waals surface area contributed by atoms with E-state index in [2.05, 4.69) is 4.90 Å². The Bertz CT molecular complexity index is 688. The van der Waals surface area contributed by atoms with Gasteiger partial charge < -0.3 is 9.80 Å². The predicted molar refractivity (Wildman–Crippen MR) is 91.9 cm³/mol. The Labute approximate surface area is 142 Å². The molecule has 1 saturated heterocycles. The summed E-state index contributed by atoms with van der Waals surface area (Å²) in [6, 6.07) is 4.68. The van der Waals surface area contributed by atoms with E-state index in [4.69, 9.17) is 0 Å². The number of amides is 1. The van der Waals surface area contributed by atoms with Crippen LogP contribution in [0, 0.1) is 5.82 Å². The first-order valence-electron chi connectivity index (χ1n) is 7.97. The van der Waals surface area contributed by atoms with Gasteiger partial charge in [-0.1, -0.05) is 19.1 Å². The smallest absolute Gasteiger partial charge is 0.246 e. The molecule has 24 heavy (non-hydrogen) atoms. The molecule has 134 valence electrons. The van der Waals surface area contributed by atoms with Crippen LogP contribution in [0.15, 0.2) is 24.3 Å². The van der Waals surface area contributed by atoms with Gasteiger partial charge in [0.1, 0.15) is 11.9 Å². The molecule has 2 rings (SSSR count). The van der Waals surface area contributed by atoms with E-state index in [1.165, 1.54) is 18.2 Å². The van der Waals surface area contributed by atoms with Crippen LogP contribution in [0.25, 0.3) is 0 Å². The average molecular weight is 357 g/mol. The summed E-state index contributed by atoms with van der Waals surface area (Å²) >= 11 is 0. The van der Waals surface area contributed by atoms with Gasteiger partial charge in [0.15, 0.2) is 0 Å². The highest BCUT2D eigenvalue weighted by Gasteiger charge is 2.36. The molecule has 6 nitrogen and oxygen atoms in total. The molecule has 1 aliphatic rings. The third-order valence-electron chi connectivity index (χ3n) is 4.22. The van der Waals surface area contributed by atoms with Gasteiger partial charge in [-0.3, -0.25) is 9.10 Å². The highest BCUT2D eigenvalue weighted by molar-refractivity contribution is 7.92. The molecule has 1 aromatic carbocycles. The van der Waals surface area contributed by atoms with Crippen LogP contribution in [0.5, 0.6) is 0 Å². The fourth-order valence-electron chi connectivity index (χ4n) is 2.89. The van der Waals surface area contributed by atoms with E-state index in [-0.39, 0.29) is 18.0 Å². The van der Waals surface area contributed by atoms with E-state index >= 15 is 0 Å². The van der Waals surface area contributed by atoms with Crippen molar-refractivity contribution in [1.29, 1.82) is 0 Å². The number of carbonyl (C=O) groups excluding carboxylic acids is 1. The number of sulfonamides is 1. The zero-order valence-corrected chi connectivity index (χ0v) is 15.1. The van der Waals surface area contributed by atoms with Gasteiger partial charge in [0.25, 0.3) is 0 Å². The maximum absolute atomic E-state index is 14.2. The number of piperazine rings is 1. The first-order chi connectivity index (χ1) is 11.3. The van der Waals surface area contributed by atoms with E-state index in [1.807, 2.05) is 7.05 Å². The highest BCUT2D eigenvalue weighted by Crippen LogP contribution is 2.26. The van der Waals surface area contributed by atoms with Crippen molar-refractivity contribution in [3.8, 4) is 0 Å². The minimum Gasteiger partial charge on any atom is -0.338 e. The van der Waals surface area contributed by atoms with Crippen molar-refractivity contribution in [3.63, 3.8) is 0 Å². The molecule has 0 N–H and O–H groups in total. The molecule has 1 aliphatic heterocycles. The van der Waals surface area contributed by atoms with Gasteiger partial charge in [0, 0.05) is 26.2 Å². The van der Waals surface area contributed by atoms with Crippen LogP contribution in [0.4, 0.5) is 10.1 Å². The molecule has 1 aromatic rings. The Morgan fingerprint density at radius 3 is 2.33 bits per heavy atom. The number of halogens is 1. The number of rotatable bonds is 5. The number of para-hydroxylation sites is 1. The molecule has 0 bridgehead atoms. The maximum atomic E-state index is 14.2. The molecule has 1 fully saturated rings. The number of hydrogen-bond donors (Lipinski definition) is 0. The lowest BCUT2D eigenvalue weighted by Crippen LogP contribution is -2.55. The van der Waals surface area contributed by atoms with Crippen molar-refractivity contribution in [2.75, 3.05) is 43.8 Å². The summed E-state index contributed by atoms with van der Waals surface area (Å²) < 4.78 is 39.7. The van der Waals surface area contributed by atoms with Crippen LogP contribution in [0.2, 0.25) is 0 Å². The molecule has 0 spiro atoms. The summed E-state index contributed by atoms with van der Waals surface area (Å²) in [5.74, 6) is -0.938. The van der Waals surface area contributed by atoms with Crippen molar-refractivity contribution < 1.29 is 17.6 Å². The number of benzene rings is 1. The second-order valence-electron chi connectivity index (χ2n) is 6.06. The van der Waals surface area contributed by atoms with E-state index in [0.717, 1.165) is 23.7 Å². The van der Waals surface area contributed by atoms with Gasteiger partial charge in [-0.25, -0.2) is 12.8 Å². The molecule has 0 unspecified atom stereocenters. The Hall–Kier alpha value is -1.67. The summed E-state index contributed by atoms with van der Waals surface area (Å²) in [7, 11) is -1.84. The molecule has 1 amide bonds. The van der Waals surface area contributed by atoms with Crippen LogP contribution in [-0.4, -0.2) is 69.6 Å². The van der Waals surface area contributed by atoms with Gasteiger partial charge in [0.2, 0.25) is 15.9 Å². The zero-order chi connectivity index (χ0) is 17.9. The normalized spacial score (nSPS) is 17.6. The minimum absolute atomic E-state index is 0.0886. The van der Waals surface area contributed by atoms with Crippen LogP contribution in [0.3, 0.4) is 0 Å². The first-order valence-corrected chi connectivity index (χ1v) is 9.81. The number of likely N-dealkylation sites (N-methyl/N-ethyl adjacent to an activating group) is 1. The van der Waals surface area contributed by atoms with E-state index < -0.39 is 21.9 Å². The SMILES string of the molecule is CC[C@@H](C(=O)N1CCN(C)CC1)N(c1ccccc1F)S(C)(=O)=O. The second-order valence-corrected chi connectivity index (χ2v) is 7.92. The average Bonchev–Trinajstić information content (AvgIpc) is 2.52. The quantitative estimate of drug-likeness (QED) is 0.793. The van der Waals surface area contributed by atoms with Gasteiger partial charge in [-0.05, 0) is 25.6 Å². The number of hydrogen-bond acceptors (Lipinski definition) is 4.